The lowest BCUT2D eigenvalue weighted by molar-refractivity contribution is -0.172. The Kier molecular flexibility index (Phi) is 8.55. The van der Waals surface area contributed by atoms with Gasteiger partial charge < -0.3 is 24.6 Å². The summed E-state index contributed by atoms with van der Waals surface area (Å²) in [4.78, 5) is 26.9. The first-order chi connectivity index (χ1) is 18.4. The molecule has 12 nitrogen and oxygen atoms in total. The highest BCUT2D eigenvalue weighted by molar-refractivity contribution is 7.56. The molecule has 1 aromatic carbocycles. The Morgan fingerprint density at radius 1 is 1.36 bits per heavy atom. The molecule has 0 bridgehead atoms. The maximum atomic E-state index is 16.1. The first kappa shape index (κ1) is 28.9. The fourth-order valence-corrected chi connectivity index (χ4v) is 6.62. The Hall–Kier alpha value is -3.12. The zero-order valence-electron chi connectivity index (χ0n) is 22.7. The second-order valence-corrected chi connectivity index (χ2v) is 12.1. The molecule has 0 spiro atoms. The van der Waals surface area contributed by atoms with Crippen LogP contribution in [-0.4, -0.2) is 64.7 Å². The summed E-state index contributed by atoms with van der Waals surface area (Å²) in [5.74, 6) is -2.57. The maximum Gasteiger partial charge on any atom is 0.323 e. The van der Waals surface area contributed by atoms with Crippen molar-refractivity contribution in [3.63, 3.8) is 0 Å². The van der Waals surface area contributed by atoms with Gasteiger partial charge in [-0.15, -0.1) is 0 Å². The van der Waals surface area contributed by atoms with Crippen LogP contribution in [-0.2, 0) is 29.5 Å². The number of fused-ring (bicyclic) bond motifs is 1. The molecule has 5 atom stereocenters. The van der Waals surface area contributed by atoms with Crippen molar-refractivity contribution < 1.29 is 27.7 Å². The van der Waals surface area contributed by atoms with E-state index in [1.54, 1.807) is 40.7 Å². The fourth-order valence-electron chi connectivity index (χ4n) is 4.57. The molecule has 1 aliphatic heterocycles. The number of anilines is 2. The summed E-state index contributed by atoms with van der Waals surface area (Å²) in [5, 5.41) is 2.75. The van der Waals surface area contributed by atoms with Crippen molar-refractivity contribution in [3.05, 3.63) is 42.2 Å². The SMILES string of the molecule is CCOC(=O)[C@@H](C)NP(=O)(Cc1ccccc1)OC[C@]1(F)C[C@H](C)[C@H](n2cnc3c(N(C)C)nc(N)nc32)O1. The van der Waals surface area contributed by atoms with Crippen LogP contribution in [0.5, 0.6) is 0 Å². The summed E-state index contributed by atoms with van der Waals surface area (Å²) in [6.45, 7) is 4.59. The molecule has 1 unspecified atom stereocenters. The largest absolute Gasteiger partial charge is 0.465 e. The maximum absolute atomic E-state index is 16.1. The van der Waals surface area contributed by atoms with Crippen LogP contribution < -0.4 is 15.7 Å². The minimum atomic E-state index is -3.77. The van der Waals surface area contributed by atoms with E-state index in [1.165, 1.54) is 13.3 Å². The number of alkyl halides is 1. The molecule has 3 aromatic rings. The number of nitrogen functional groups attached to an aromatic ring is 1. The fraction of sp³-hybridized carbons (Fsp3) is 0.520. The quantitative estimate of drug-likeness (QED) is 0.260. The van der Waals surface area contributed by atoms with E-state index in [1.807, 2.05) is 27.1 Å². The molecule has 3 N–H and O–H groups in total. The molecular weight excluding hydrogens is 528 g/mol. The average Bonchev–Trinajstić information content (AvgIpc) is 3.42. The van der Waals surface area contributed by atoms with Crippen molar-refractivity contribution in [3.8, 4) is 0 Å². The molecule has 0 radical (unpaired) electrons. The molecule has 1 fully saturated rings. The molecular formula is C25H35FN7O5P. The molecule has 0 saturated carbocycles. The summed E-state index contributed by atoms with van der Waals surface area (Å²) < 4.78 is 48.2. The van der Waals surface area contributed by atoms with E-state index < -0.39 is 38.2 Å². The van der Waals surface area contributed by atoms with E-state index in [4.69, 9.17) is 19.7 Å². The third-order valence-electron chi connectivity index (χ3n) is 6.32. The van der Waals surface area contributed by atoms with Gasteiger partial charge in [0.2, 0.25) is 11.8 Å². The third-order valence-corrected chi connectivity index (χ3v) is 8.42. The number of aromatic nitrogens is 4. The number of nitrogens with one attached hydrogen (secondary N) is 1. The van der Waals surface area contributed by atoms with E-state index in [-0.39, 0.29) is 31.1 Å². The van der Waals surface area contributed by atoms with Crippen LogP contribution >= 0.6 is 7.52 Å². The van der Waals surface area contributed by atoms with Crippen molar-refractivity contribution in [2.24, 2.45) is 5.92 Å². The number of hydrogen-bond donors (Lipinski definition) is 2. The van der Waals surface area contributed by atoms with Crippen molar-refractivity contribution in [2.45, 2.75) is 51.5 Å². The number of hydrogen-bond acceptors (Lipinski definition) is 10. The van der Waals surface area contributed by atoms with Gasteiger partial charge in [0.15, 0.2) is 17.0 Å². The Bertz CT molecular complexity index is 1360. The number of benzene rings is 1. The molecule has 1 saturated heterocycles. The lowest BCUT2D eigenvalue weighted by atomic mass is 10.1. The van der Waals surface area contributed by atoms with Crippen LogP contribution in [0.15, 0.2) is 36.7 Å². The number of halogens is 1. The third kappa shape index (κ3) is 6.55. The molecule has 3 heterocycles. The number of imidazole rings is 1. The van der Waals surface area contributed by atoms with Crippen LogP contribution in [0, 0.1) is 5.92 Å². The summed E-state index contributed by atoms with van der Waals surface area (Å²) in [6, 6.07) is 8.05. The second kappa shape index (κ2) is 11.5. The standard InChI is InChI=1S/C25H35FN7O5P/c1-6-36-23(34)17(3)31-39(35,13-18-10-8-7-9-11-18)37-14-25(26)12-16(2)22(38-25)33-15-28-19-20(32(4)5)29-24(27)30-21(19)33/h7-11,15-17,22H,6,12-14H2,1-5H3,(H,31,35)(H2,27,29,30)/t16-,17+,22+,25-,39?/m0/s1. The molecule has 4 rings (SSSR count). The van der Waals surface area contributed by atoms with Crippen LogP contribution in [0.25, 0.3) is 11.2 Å². The highest BCUT2D eigenvalue weighted by atomic mass is 31.2. The number of carbonyl (C=O) groups is 1. The smallest absolute Gasteiger partial charge is 0.323 e. The van der Waals surface area contributed by atoms with Gasteiger partial charge in [0.25, 0.3) is 7.52 Å². The number of ether oxygens (including phenoxy) is 2. The summed E-state index contributed by atoms with van der Waals surface area (Å²) in [7, 11) is -0.148. The van der Waals surface area contributed by atoms with Crippen LogP contribution in [0.1, 0.15) is 39.0 Å². The molecule has 0 amide bonds. The summed E-state index contributed by atoms with van der Waals surface area (Å²) in [6.07, 6.45) is 0.662. The van der Waals surface area contributed by atoms with Crippen LogP contribution in [0.4, 0.5) is 16.2 Å². The molecule has 14 heteroatoms. The minimum Gasteiger partial charge on any atom is -0.465 e. The number of nitrogens with zero attached hydrogens (tertiary/aromatic N) is 5. The van der Waals surface area contributed by atoms with Gasteiger partial charge in [0.05, 0.1) is 19.1 Å². The number of rotatable bonds is 11. The second-order valence-electron chi connectivity index (χ2n) is 9.89. The van der Waals surface area contributed by atoms with Crippen molar-refractivity contribution in [2.75, 3.05) is 37.9 Å². The van der Waals surface area contributed by atoms with E-state index in [2.05, 4.69) is 20.0 Å². The van der Waals surface area contributed by atoms with Crippen molar-refractivity contribution in [1.29, 1.82) is 0 Å². The van der Waals surface area contributed by atoms with Gasteiger partial charge in [0, 0.05) is 26.4 Å². The normalized spacial score (nSPS) is 23.4. The van der Waals surface area contributed by atoms with Crippen LogP contribution in [0.2, 0.25) is 0 Å². The topological polar surface area (TPSA) is 147 Å². The average molecular weight is 564 g/mol. The zero-order chi connectivity index (χ0) is 28.4. The molecule has 2 aromatic heterocycles. The van der Waals surface area contributed by atoms with E-state index in [0.717, 1.165) is 0 Å². The van der Waals surface area contributed by atoms with E-state index >= 15 is 4.39 Å². The van der Waals surface area contributed by atoms with Gasteiger partial charge >= 0.3 is 5.97 Å². The van der Waals surface area contributed by atoms with E-state index in [0.29, 0.717) is 22.5 Å². The monoisotopic (exact) mass is 563 g/mol. The zero-order valence-corrected chi connectivity index (χ0v) is 23.6. The minimum absolute atomic E-state index is 0.0305. The Balaban J connectivity index is 1.54. The van der Waals surface area contributed by atoms with Gasteiger partial charge in [-0.2, -0.15) is 9.97 Å². The summed E-state index contributed by atoms with van der Waals surface area (Å²) in [5.41, 5.74) is 7.54. The number of nitrogens with two attached hydrogens (primary N) is 1. The highest BCUT2D eigenvalue weighted by Gasteiger charge is 2.48. The van der Waals surface area contributed by atoms with Gasteiger partial charge in [-0.25, -0.2) is 14.5 Å². The molecule has 39 heavy (non-hydrogen) atoms. The van der Waals surface area contributed by atoms with Gasteiger partial charge in [-0.1, -0.05) is 37.3 Å². The predicted molar refractivity (Wildman–Crippen MR) is 145 cm³/mol. The van der Waals surface area contributed by atoms with Crippen LogP contribution in [0.3, 0.4) is 0 Å². The van der Waals surface area contributed by atoms with Crippen molar-refractivity contribution >= 4 is 36.4 Å². The first-order valence-electron chi connectivity index (χ1n) is 12.7. The van der Waals surface area contributed by atoms with Gasteiger partial charge in [-0.3, -0.25) is 13.9 Å². The molecule has 1 aliphatic rings. The Morgan fingerprint density at radius 2 is 2.08 bits per heavy atom. The van der Waals surface area contributed by atoms with Crippen molar-refractivity contribution in [1.82, 2.24) is 24.6 Å². The Labute approximate surface area is 226 Å². The highest BCUT2D eigenvalue weighted by Crippen LogP contribution is 2.50. The predicted octanol–water partition coefficient (Wildman–Crippen LogP) is 3.65. The van der Waals surface area contributed by atoms with Gasteiger partial charge in [-0.05, 0) is 19.4 Å². The Morgan fingerprint density at radius 3 is 2.74 bits per heavy atom. The number of carbonyl (C=O) groups excluding carboxylic acids is 1. The lowest BCUT2D eigenvalue weighted by Gasteiger charge is -2.27. The molecule has 212 valence electrons. The lowest BCUT2D eigenvalue weighted by Crippen LogP contribution is -2.36. The molecule has 0 aliphatic carbocycles. The van der Waals surface area contributed by atoms with Gasteiger partial charge in [0.1, 0.15) is 18.9 Å². The first-order valence-corrected chi connectivity index (χ1v) is 14.5. The summed E-state index contributed by atoms with van der Waals surface area (Å²) >= 11 is 0. The van der Waals surface area contributed by atoms with E-state index in [9.17, 15) is 9.36 Å². The number of esters is 1.